The third-order valence-corrected chi connectivity index (χ3v) is 4.79. The quantitative estimate of drug-likeness (QED) is 0.329. The van der Waals surface area contributed by atoms with Crippen LogP contribution in [0.15, 0.2) is 60.7 Å². The van der Waals surface area contributed by atoms with Crippen molar-refractivity contribution in [3.05, 3.63) is 60.7 Å². The molecule has 4 N–H and O–H groups in total. The summed E-state index contributed by atoms with van der Waals surface area (Å²) in [5, 5.41) is 29.4. The molecular formula is C22H20N6O2S2. The summed E-state index contributed by atoms with van der Waals surface area (Å²) in [4.78, 5) is 24.7. The molecule has 8 nitrogen and oxygen atoms in total. The highest BCUT2D eigenvalue weighted by Crippen LogP contribution is 2.10. The molecule has 0 aliphatic rings. The van der Waals surface area contributed by atoms with E-state index in [0.717, 1.165) is 0 Å². The van der Waals surface area contributed by atoms with Gasteiger partial charge in [0, 0.05) is 24.5 Å². The van der Waals surface area contributed by atoms with E-state index in [-0.39, 0.29) is 23.1 Å². The number of anilines is 2. The van der Waals surface area contributed by atoms with Gasteiger partial charge in [-0.2, -0.15) is 10.5 Å². The van der Waals surface area contributed by atoms with Gasteiger partial charge in [-0.1, -0.05) is 60.8 Å². The number of para-hydroxylation sites is 2. The van der Waals surface area contributed by atoms with Crippen LogP contribution in [-0.2, 0) is 9.59 Å². The highest BCUT2D eigenvalue weighted by atomic mass is 32.1. The molecule has 2 aromatic carbocycles. The van der Waals surface area contributed by atoms with Crippen LogP contribution in [0.5, 0.6) is 0 Å². The number of nitrogens with zero attached hydrogens (tertiary/aromatic N) is 2. The minimum absolute atomic E-state index is 0.0493. The summed E-state index contributed by atoms with van der Waals surface area (Å²) in [7, 11) is 0. The minimum Gasteiger partial charge on any atom is -0.353 e. The van der Waals surface area contributed by atoms with Gasteiger partial charge in [-0.05, 0) is 24.3 Å². The van der Waals surface area contributed by atoms with Crippen LogP contribution in [0.2, 0.25) is 0 Å². The van der Waals surface area contributed by atoms with E-state index < -0.39 is 23.7 Å². The maximum atomic E-state index is 12.3. The molecule has 0 aliphatic heterocycles. The summed E-state index contributed by atoms with van der Waals surface area (Å²) >= 11 is 10.3. The van der Waals surface area contributed by atoms with E-state index in [4.69, 9.17) is 24.4 Å². The normalized spacial score (nSPS) is 11.6. The Morgan fingerprint density at radius 2 is 1.06 bits per heavy atom. The van der Waals surface area contributed by atoms with E-state index >= 15 is 0 Å². The SMILES string of the molecule is N#C[C@H](C(=O)NCCNC(=O)[C@H](C#N)C(=S)Nc1ccccc1)C(=S)Nc1ccccc1. The first-order valence-corrected chi connectivity index (χ1v) is 10.3. The molecule has 0 bridgehead atoms. The zero-order valence-corrected chi connectivity index (χ0v) is 18.5. The van der Waals surface area contributed by atoms with Crippen molar-refractivity contribution in [2.24, 2.45) is 11.8 Å². The highest BCUT2D eigenvalue weighted by molar-refractivity contribution is 7.81. The van der Waals surface area contributed by atoms with Crippen molar-refractivity contribution in [2.75, 3.05) is 23.7 Å². The third kappa shape index (κ3) is 7.43. The predicted octanol–water partition coefficient (Wildman–Crippen LogP) is 2.38. The lowest BCUT2D eigenvalue weighted by atomic mass is 10.1. The van der Waals surface area contributed by atoms with Crippen LogP contribution in [-0.4, -0.2) is 34.9 Å². The molecule has 0 heterocycles. The van der Waals surface area contributed by atoms with Gasteiger partial charge in [0.25, 0.3) is 0 Å². The second-order valence-corrected chi connectivity index (χ2v) is 7.30. The first kappa shape index (κ1) is 24.4. The van der Waals surface area contributed by atoms with E-state index in [9.17, 15) is 20.1 Å². The number of nitrogens with one attached hydrogen (secondary N) is 4. The maximum absolute atomic E-state index is 12.3. The Morgan fingerprint density at radius 3 is 1.38 bits per heavy atom. The van der Waals surface area contributed by atoms with Gasteiger partial charge in [-0.15, -0.1) is 0 Å². The molecule has 162 valence electrons. The van der Waals surface area contributed by atoms with Gasteiger partial charge < -0.3 is 21.3 Å². The van der Waals surface area contributed by atoms with Crippen LogP contribution >= 0.6 is 24.4 Å². The van der Waals surface area contributed by atoms with Gasteiger partial charge in [0.1, 0.15) is 9.98 Å². The fourth-order valence-corrected chi connectivity index (χ4v) is 3.08. The number of carbonyl (C=O) groups is 2. The molecule has 2 aromatic rings. The molecule has 0 unspecified atom stereocenters. The van der Waals surface area contributed by atoms with Crippen LogP contribution in [0.1, 0.15) is 0 Å². The minimum atomic E-state index is -1.18. The Balaban J connectivity index is 1.79. The topological polar surface area (TPSA) is 130 Å². The molecule has 10 heteroatoms. The van der Waals surface area contributed by atoms with Crippen molar-refractivity contribution in [1.82, 2.24) is 10.6 Å². The van der Waals surface area contributed by atoms with Crippen molar-refractivity contribution in [1.29, 1.82) is 10.5 Å². The second-order valence-electron chi connectivity index (χ2n) is 6.42. The molecular weight excluding hydrogens is 444 g/mol. The van der Waals surface area contributed by atoms with Gasteiger partial charge in [-0.25, -0.2) is 0 Å². The first-order chi connectivity index (χ1) is 15.5. The zero-order chi connectivity index (χ0) is 23.3. The molecule has 0 saturated carbocycles. The van der Waals surface area contributed by atoms with Crippen LogP contribution in [0.25, 0.3) is 0 Å². The lowest BCUT2D eigenvalue weighted by molar-refractivity contribution is -0.123. The van der Waals surface area contributed by atoms with E-state index in [1.165, 1.54) is 0 Å². The van der Waals surface area contributed by atoms with Crippen LogP contribution in [0.3, 0.4) is 0 Å². The van der Waals surface area contributed by atoms with Gasteiger partial charge >= 0.3 is 0 Å². The Hall–Kier alpha value is -3.86. The number of hydrogen-bond acceptors (Lipinski definition) is 6. The van der Waals surface area contributed by atoms with Crippen molar-refractivity contribution in [3.8, 4) is 12.1 Å². The second kappa shape index (κ2) is 12.7. The number of carbonyl (C=O) groups excluding carboxylic acids is 2. The van der Waals surface area contributed by atoms with Crippen LogP contribution < -0.4 is 21.3 Å². The summed E-state index contributed by atoms with van der Waals surface area (Å²) in [6.45, 7) is 0.0987. The first-order valence-electron chi connectivity index (χ1n) is 9.52. The van der Waals surface area contributed by atoms with Crippen molar-refractivity contribution < 1.29 is 9.59 Å². The van der Waals surface area contributed by atoms with E-state index in [1.54, 1.807) is 48.5 Å². The van der Waals surface area contributed by atoms with Crippen LogP contribution in [0.4, 0.5) is 11.4 Å². The number of benzene rings is 2. The van der Waals surface area contributed by atoms with Crippen molar-refractivity contribution >= 4 is 57.6 Å². The average Bonchev–Trinajstić information content (AvgIpc) is 2.79. The summed E-state index contributed by atoms with van der Waals surface area (Å²) in [5.41, 5.74) is 1.33. The average molecular weight is 465 g/mol. The molecule has 0 saturated heterocycles. The van der Waals surface area contributed by atoms with E-state index in [2.05, 4.69) is 21.3 Å². The molecule has 2 atom stereocenters. The smallest absolute Gasteiger partial charge is 0.244 e. The van der Waals surface area contributed by atoms with E-state index in [1.807, 2.05) is 24.3 Å². The Labute approximate surface area is 196 Å². The van der Waals surface area contributed by atoms with Crippen molar-refractivity contribution in [3.63, 3.8) is 0 Å². The fourth-order valence-electron chi connectivity index (χ4n) is 2.52. The summed E-state index contributed by atoms with van der Waals surface area (Å²) in [6, 6.07) is 21.6. The largest absolute Gasteiger partial charge is 0.353 e. The lowest BCUT2D eigenvalue weighted by Gasteiger charge is -2.15. The molecule has 0 aliphatic carbocycles. The summed E-state index contributed by atoms with van der Waals surface area (Å²) in [6.07, 6.45) is 0. The van der Waals surface area contributed by atoms with Crippen molar-refractivity contribution in [2.45, 2.75) is 0 Å². The number of amides is 2. The van der Waals surface area contributed by atoms with Crippen LogP contribution in [0, 0.1) is 34.5 Å². The number of thiocarbonyl (C=S) groups is 2. The fraction of sp³-hybridized carbons (Fsp3) is 0.182. The standard InChI is InChI=1S/C22H20N6O2S2/c23-13-17(21(31)27-15-7-3-1-4-8-15)19(29)25-11-12-26-20(30)18(14-24)22(32)28-16-9-5-2-6-10-16/h1-10,17-18H,11-12H2,(H,25,29)(H,26,30)(H,27,31)(H,28,32)/t17-,18+. The Bertz CT molecular complexity index is 962. The molecule has 0 spiro atoms. The Morgan fingerprint density at radius 1 is 0.719 bits per heavy atom. The number of hydrogen-bond donors (Lipinski definition) is 4. The van der Waals surface area contributed by atoms with Gasteiger partial charge in [0.05, 0.1) is 12.1 Å². The van der Waals surface area contributed by atoms with E-state index in [0.29, 0.717) is 11.4 Å². The summed E-state index contributed by atoms with van der Waals surface area (Å²) in [5.74, 6) is -3.55. The summed E-state index contributed by atoms with van der Waals surface area (Å²) < 4.78 is 0. The molecule has 2 rings (SSSR count). The number of rotatable bonds is 9. The third-order valence-electron chi connectivity index (χ3n) is 4.11. The molecule has 0 aromatic heterocycles. The van der Waals surface area contributed by atoms with Gasteiger partial charge in [0.15, 0.2) is 11.8 Å². The maximum Gasteiger partial charge on any atom is 0.244 e. The molecule has 32 heavy (non-hydrogen) atoms. The molecule has 0 radical (unpaired) electrons. The zero-order valence-electron chi connectivity index (χ0n) is 16.9. The monoisotopic (exact) mass is 464 g/mol. The highest BCUT2D eigenvalue weighted by Gasteiger charge is 2.24. The number of nitriles is 2. The van der Waals surface area contributed by atoms with Gasteiger partial charge in [-0.3, -0.25) is 9.59 Å². The lowest BCUT2D eigenvalue weighted by Crippen LogP contribution is -2.43. The molecule has 2 amide bonds. The Kier molecular flexibility index (Phi) is 9.72. The molecule has 0 fully saturated rings. The van der Waals surface area contributed by atoms with Gasteiger partial charge in [0.2, 0.25) is 11.8 Å². The predicted molar refractivity (Wildman–Crippen MR) is 130 cm³/mol.